The summed E-state index contributed by atoms with van der Waals surface area (Å²) >= 11 is 5.31. The molecule has 0 aromatic rings. The molecule has 0 unspecified atom stereocenters. The van der Waals surface area contributed by atoms with Crippen LogP contribution in [0.1, 0.15) is 12.8 Å². The first-order chi connectivity index (χ1) is 5.11. The average molecular weight is 193 g/mol. The molecule has 1 spiro atoms. The van der Waals surface area contributed by atoms with Crippen LogP contribution in [0.15, 0.2) is 0 Å². The van der Waals surface area contributed by atoms with Crippen molar-refractivity contribution in [3.8, 4) is 0 Å². The number of rotatable bonds is 1. The Balaban J connectivity index is 1.89. The van der Waals surface area contributed by atoms with Crippen molar-refractivity contribution in [1.82, 2.24) is 0 Å². The Hall–Kier alpha value is 0.110. The average Bonchev–Trinajstić information content (AvgIpc) is 1.73. The van der Waals surface area contributed by atoms with Crippen LogP contribution in [0, 0.1) is 11.3 Å². The van der Waals surface area contributed by atoms with Crippen molar-refractivity contribution in [3.05, 3.63) is 0 Å². The Kier molecular flexibility index (Phi) is 1.62. The lowest BCUT2D eigenvalue weighted by Gasteiger charge is -2.51. The van der Waals surface area contributed by atoms with Gasteiger partial charge >= 0.3 is 0 Å². The number of carbonyl (C=O) groups excluding carboxylic acids is 1. The Bertz CT molecular complexity index is 223. The summed E-state index contributed by atoms with van der Waals surface area (Å²) in [7, 11) is -0.593. The van der Waals surface area contributed by atoms with E-state index < -0.39 is 10.8 Å². The highest BCUT2D eigenvalue weighted by atomic mass is 35.5. The minimum atomic E-state index is -0.593. The van der Waals surface area contributed by atoms with E-state index in [9.17, 15) is 9.00 Å². The topological polar surface area (TPSA) is 34.1 Å². The molecule has 2 fully saturated rings. The van der Waals surface area contributed by atoms with Crippen molar-refractivity contribution in [3.63, 3.8) is 0 Å². The summed E-state index contributed by atoms with van der Waals surface area (Å²) in [6, 6.07) is 0. The van der Waals surface area contributed by atoms with Crippen LogP contribution in [0.2, 0.25) is 0 Å². The van der Waals surface area contributed by atoms with Crippen LogP contribution in [-0.4, -0.2) is 21.0 Å². The number of hydrogen-bond acceptors (Lipinski definition) is 2. The van der Waals surface area contributed by atoms with E-state index in [-0.39, 0.29) is 16.6 Å². The second kappa shape index (κ2) is 2.30. The van der Waals surface area contributed by atoms with E-state index >= 15 is 0 Å². The summed E-state index contributed by atoms with van der Waals surface area (Å²) in [5.74, 6) is 1.66. The molecular weight excluding hydrogens is 184 g/mol. The van der Waals surface area contributed by atoms with Gasteiger partial charge in [0.2, 0.25) is 5.24 Å². The molecule has 4 heteroatoms. The molecule has 0 aromatic heterocycles. The minimum absolute atomic E-state index is 0.0639. The van der Waals surface area contributed by atoms with Gasteiger partial charge in [-0.3, -0.25) is 9.00 Å². The number of carbonyl (C=O) groups is 1. The predicted molar refractivity (Wildman–Crippen MR) is 43.9 cm³/mol. The summed E-state index contributed by atoms with van der Waals surface area (Å²) in [5.41, 5.74) is 0.264. The standard InChI is InChI=1S/C7H9ClO2S/c8-6(9)5-1-7(2-5)3-11(10)4-7/h5H,1-4H2. The van der Waals surface area contributed by atoms with Gasteiger partial charge in [-0.15, -0.1) is 0 Å². The molecule has 1 saturated carbocycles. The number of halogens is 1. The molecule has 62 valence electrons. The first-order valence-electron chi connectivity index (χ1n) is 3.66. The Morgan fingerprint density at radius 1 is 1.45 bits per heavy atom. The lowest BCUT2D eigenvalue weighted by atomic mass is 9.64. The third kappa shape index (κ3) is 1.14. The Morgan fingerprint density at radius 2 is 2.00 bits per heavy atom. The zero-order valence-corrected chi connectivity index (χ0v) is 7.58. The monoisotopic (exact) mass is 192 g/mol. The van der Waals surface area contributed by atoms with E-state index in [0.29, 0.717) is 0 Å². The molecule has 0 atom stereocenters. The smallest absolute Gasteiger partial charge is 0.224 e. The zero-order chi connectivity index (χ0) is 8.06. The summed E-state index contributed by atoms with van der Waals surface area (Å²) in [6.07, 6.45) is 1.75. The highest BCUT2D eigenvalue weighted by Crippen LogP contribution is 2.52. The maximum atomic E-state index is 10.8. The van der Waals surface area contributed by atoms with Gasteiger partial charge in [-0.2, -0.15) is 0 Å². The van der Waals surface area contributed by atoms with Crippen LogP contribution in [0.3, 0.4) is 0 Å². The second-order valence-corrected chi connectivity index (χ2v) is 5.47. The molecule has 0 amide bonds. The lowest BCUT2D eigenvalue weighted by molar-refractivity contribution is -0.121. The van der Waals surface area contributed by atoms with Crippen molar-refractivity contribution in [1.29, 1.82) is 0 Å². The van der Waals surface area contributed by atoms with E-state index in [1.54, 1.807) is 0 Å². The molecule has 1 aliphatic heterocycles. The first-order valence-corrected chi connectivity index (χ1v) is 5.52. The van der Waals surface area contributed by atoms with Crippen molar-refractivity contribution in [2.75, 3.05) is 11.5 Å². The fourth-order valence-corrected chi connectivity index (χ4v) is 3.93. The van der Waals surface area contributed by atoms with E-state index in [4.69, 9.17) is 11.6 Å². The SMILES string of the molecule is O=C(Cl)C1CC2(C1)CS(=O)C2. The van der Waals surface area contributed by atoms with Gasteiger partial charge < -0.3 is 0 Å². The predicted octanol–water partition coefficient (Wildman–Crippen LogP) is 0.910. The van der Waals surface area contributed by atoms with E-state index in [1.165, 1.54) is 0 Å². The lowest BCUT2D eigenvalue weighted by Crippen LogP contribution is -2.54. The van der Waals surface area contributed by atoms with Gasteiger partial charge in [0.15, 0.2) is 0 Å². The summed E-state index contributed by atoms with van der Waals surface area (Å²) in [6.45, 7) is 0. The molecule has 1 heterocycles. The highest BCUT2D eigenvalue weighted by Gasteiger charge is 2.53. The summed E-state index contributed by atoms with van der Waals surface area (Å²) in [4.78, 5) is 10.6. The van der Waals surface area contributed by atoms with Crippen molar-refractivity contribution in [2.45, 2.75) is 12.8 Å². The fourth-order valence-electron chi connectivity index (χ4n) is 2.02. The van der Waals surface area contributed by atoms with Crippen LogP contribution in [0.25, 0.3) is 0 Å². The van der Waals surface area contributed by atoms with Gasteiger partial charge in [0, 0.05) is 28.2 Å². The Labute approximate surface area is 72.8 Å². The minimum Gasteiger partial charge on any atom is -0.281 e. The van der Waals surface area contributed by atoms with Gasteiger partial charge in [-0.05, 0) is 29.9 Å². The van der Waals surface area contributed by atoms with Crippen molar-refractivity contribution >= 4 is 27.6 Å². The van der Waals surface area contributed by atoms with E-state index in [0.717, 1.165) is 24.3 Å². The molecule has 0 bridgehead atoms. The normalized spacial score (nSPS) is 48.1. The van der Waals surface area contributed by atoms with E-state index in [1.807, 2.05) is 0 Å². The van der Waals surface area contributed by atoms with Gasteiger partial charge in [0.25, 0.3) is 0 Å². The second-order valence-electron chi connectivity index (χ2n) is 3.64. The largest absolute Gasteiger partial charge is 0.281 e. The zero-order valence-electron chi connectivity index (χ0n) is 6.01. The molecule has 1 aliphatic carbocycles. The van der Waals surface area contributed by atoms with Crippen LogP contribution >= 0.6 is 11.6 Å². The van der Waals surface area contributed by atoms with Crippen LogP contribution in [-0.2, 0) is 15.6 Å². The molecule has 0 N–H and O–H groups in total. The van der Waals surface area contributed by atoms with Crippen molar-refractivity contribution < 1.29 is 9.00 Å². The molecule has 0 radical (unpaired) electrons. The van der Waals surface area contributed by atoms with Gasteiger partial charge in [0.1, 0.15) is 0 Å². The number of hydrogen-bond donors (Lipinski definition) is 0. The van der Waals surface area contributed by atoms with Crippen LogP contribution in [0.4, 0.5) is 0 Å². The maximum absolute atomic E-state index is 10.8. The molecule has 1 saturated heterocycles. The molecule has 0 aromatic carbocycles. The molecule has 2 nitrogen and oxygen atoms in total. The fraction of sp³-hybridized carbons (Fsp3) is 0.857. The Morgan fingerprint density at radius 3 is 2.36 bits per heavy atom. The summed E-state index contributed by atoms with van der Waals surface area (Å²) in [5, 5.41) is -0.215. The third-order valence-electron chi connectivity index (χ3n) is 2.61. The molecule has 11 heavy (non-hydrogen) atoms. The quantitative estimate of drug-likeness (QED) is 0.579. The maximum Gasteiger partial charge on any atom is 0.224 e. The molecule has 2 rings (SSSR count). The third-order valence-corrected chi connectivity index (χ3v) is 4.79. The van der Waals surface area contributed by atoms with Gasteiger partial charge in [0.05, 0.1) is 0 Å². The van der Waals surface area contributed by atoms with Crippen LogP contribution in [0.5, 0.6) is 0 Å². The van der Waals surface area contributed by atoms with Crippen LogP contribution < -0.4 is 0 Å². The molecular formula is C7H9ClO2S. The van der Waals surface area contributed by atoms with Gasteiger partial charge in [-0.1, -0.05) is 0 Å². The highest BCUT2D eigenvalue weighted by molar-refractivity contribution is 7.86. The first kappa shape index (κ1) is 7.74. The van der Waals surface area contributed by atoms with E-state index in [2.05, 4.69) is 0 Å². The van der Waals surface area contributed by atoms with Crippen molar-refractivity contribution in [2.24, 2.45) is 11.3 Å². The molecule has 2 aliphatic rings. The summed E-state index contributed by atoms with van der Waals surface area (Å²) < 4.78 is 10.8. The van der Waals surface area contributed by atoms with Gasteiger partial charge in [-0.25, -0.2) is 0 Å².